The number of nitrogens with one attached hydrogen (secondary N) is 2. The number of rotatable bonds is 5. The van der Waals surface area contributed by atoms with Crippen molar-refractivity contribution in [1.29, 1.82) is 0 Å². The lowest BCUT2D eigenvalue weighted by molar-refractivity contribution is -0.130. The number of anilines is 1. The highest BCUT2D eigenvalue weighted by molar-refractivity contribution is 6.31. The van der Waals surface area contributed by atoms with E-state index in [-0.39, 0.29) is 18.2 Å². The summed E-state index contributed by atoms with van der Waals surface area (Å²) in [6.45, 7) is 4.79. The zero-order valence-electron chi connectivity index (χ0n) is 12.1. The first kappa shape index (κ1) is 15.6. The van der Waals surface area contributed by atoms with Crippen molar-refractivity contribution >= 4 is 29.1 Å². The van der Waals surface area contributed by atoms with E-state index >= 15 is 0 Å². The van der Waals surface area contributed by atoms with Crippen molar-refractivity contribution in [2.75, 3.05) is 11.9 Å². The predicted octanol–water partition coefficient (Wildman–Crippen LogP) is 2.59. The predicted molar refractivity (Wildman–Crippen MR) is 81.6 cm³/mol. The second-order valence-electron chi connectivity index (χ2n) is 5.47. The van der Waals surface area contributed by atoms with Gasteiger partial charge in [0.1, 0.15) is 5.75 Å². The van der Waals surface area contributed by atoms with Gasteiger partial charge in [0.15, 0.2) is 6.10 Å². The zero-order chi connectivity index (χ0) is 15.4. The van der Waals surface area contributed by atoms with E-state index in [1.807, 2.05) is 0 Å². The van der Waals surface area contributed by atoms with Crippen molar-refractivity contribution in [3.05, 3.63) is 23.2 Å². The quantitative estimate of drug-likeness (QED) is 0.878. The Bertz CT molecular complexity index is 546. The summed E-state index contributed by atoms with van der Waals surface area (Å²) in [4.78, 5) is 23.7. The summed E-state index contributed by atoms with van der Waals surface area (Å²) in [5.41, 5.74) is 0.531. The molecule has 6 heteroatoms. The van der Waals surface area contributed by atoms with Crippen LogP contribution < -0.4 is 15.4 Å². The molecule has 1 aromatic rings. The summed E-state index contributed by atoms with van der Waals surface area (Å²) in [7, 11) is 0. The fraction of sp³-hybridized carbons (Fsp3) is 0.467. The van der Waals surface area contributed by atoms with E-state index in [2.05, 4.69) is 24.5 Å². The van der Waals surface area contributed by atoms with Gasteiger partial charge >= 0.3 is 0 Å². The highest BCUT2D eigenvalue weighted by Crippen LogP contribution is 2.32. The fourth-order valence-corrected chi connectivity index (χ4v) is 2.17. The molecule has 5 nitrogen and oxygen atoms in total. The lowest BCUT2D eigenvalue weighted by Crippen LogP contribution is -2.41. The first-order valence-corrected chi connectivity index (χ1v) is 7.37. The van der Waals surface area contributed by atoms with Crippen LogP contribution in [0.3, 0.4) is 0 Å². The Labute approximate surface area is 129 Å². The minimum Gasteiger partial charge on any atom is -0.478 e. The Kier molecular flexibility index (Phi) is 5.07. The number of carbonyl (C=O) groups excluding carboxylic acids is 2. The van der Waals surface area contributed by atoms with Crippen molar-refractivity contribution < 1.29 is 14.3 Å². The number of amides is 2. The number of halogens is 1. The van der Waals surface area contributed by atoms with Crippen LogP contribution in [0, 0.1) is 5.92 Å². The highest BCUT2D eigenvalue weighted by Gasteiger charge is 2.29. The third-order valence-corrected chi connectivity index (χ3v) is 3.41. The van der Waals surface area contributed by atoms with E-state index < -0.39 is 6.10 Å². The van der Waals surface area contributed by atoms with Crippen LogP contribution in [-0.2, 0) is 9.59 Å². The van der Waals surface area contributed by atoms with Gasteiger partial charge in [-0.25, -0.2) is 0 Å². The molecule has 21 heavy (non-hydrogen) atoms. The van der Waals surface area contributed by atoms with Gasteiger partial charge in [-0.3, -0.25) is 9.59 Å². The number of fused-ring (bicyclic) bond motifs is 1. The molecule has 0 saturated heterocycles. The van der Waals surface area contributed by atoms with Gasteiger partial charge in [0.05, 0.1) is 12.1 Å². The summed E-state index contributed by atoms with van der Waals surface area (Å²) in [6, 6.07) is 4.98. The summed E-state index contributed by atoms with van der Waals surface area (Å²) in [5.74, 6) is 0.534. The Morgan fingerprint density at radius 3 is 2.95 bits per heavy atom. The smallest absolute Gasteiger partial charge is 0.266 e. The summed E-state index contributed by atoms with van der Waals surface area (Å²) in [5, 5.41) is 6.01. The van der Waals surface area contributed by atoms with E-state index in [1.165, 1.54) is 0 Å². The molecule has 1 heterocycles. The molecule has 2 amide bonds. The lowest BCUT2D eigenvalue weighted by Gasteiger charge is -2.25. The number of carbonyl (C=O) groups is 2. The minimum atomic E-state index is -0.808. The maximum Gasteiger partial charge on any atom is 0.266 e. The molecule has 1 unspecified atom stereocenters. The number of benzene rings is 1. The number of hydrogen-bond acceptors (Lipinski definition) is 3. The van der Waals surface area contributed by atoms with Gasteiger partial charge in [-0.2, -0.15) is 0 Å². The standard InChI is InChI=1S/C15H19ClN2O3/c1-9(2)5-6-17-14(19)8-13-15(20)18-11-7-10(16)3-4-12(11)21-13/h3-4,7,9,13H,5-6,8H2,1-2H3,(H,17,19)(H,18,20). The Balaban J connectivity index is 1.91. The minimum absolute atomic E-state index is 0.00595. The van der Waals surface area contributed by atoms with Crippen LogP contribution in [0.25, 0.3) is 0 Å². The largest absolute Gasteiger partial charge is 0.478 e. The van der Waals surface area contributed by atoms with Crippen LogP contribution in [0.5, 0.6) is 5.75 Å². The van der Waals surface area contributed by atoms with E-state index in [0.29, 0.717) is 28.9 Å². The molecule has 0 saturated carbocycles. The van der Waals surface area contributed by atoms with E-state index in [0.717, 1.165) is 6.42 Å². The molecule has 2 rings (SSSR count). The Morgan fingerprint density at radius 2 is 2.24 bits per heavy atom. The molecule has 1 atom stereocenters. The molecule has 2 N–H and O–H groups in total. The molecule has 0 spiro atoms. The van der Waals surface area contributed by atoms with Crippen LogP contribution in [0.4, 0.5) is 5.69 Å². The van der Waals surface area contributed by atoms with Crippen LogP contribution in [-0.4, -0.2) is 24.5 Å². The van der Waals surface area contributed by atoms with Gasteiger partial charge in [0, 0.05) is 11.6 Å². The van der Waals surface area contributed by atoms with Crippen molar-refractivity contribution in [3.8, 4) is 5.75 Å². The SMILES string of the molecule is CC(C)CCNC(=O)CC1Oc2ccc(Cl)cc2NC1=O. The molecule has 0 fully saturated rings. The highest BCUT2D eigenvalue weighted by atomic mass is 35.5. The summed E-state index contributed by atoms with van der Waals surface area (Å²) < 4.78 is 5.57. The third kappa shape index (κ3) is 4.36. The maximum atomic E-state index is 11.9. The third-order valence-electron chi connectivity index (χ3n) is 3.18. The maximum absolute atomic E-state index is 11.9. The van der Waals surface area contributed by atoms with E-state index in [1.54, 1.807) is 18.2 Å². The van der Waals surface area contributed by atoms with Gasteiger partial charge in [0.25, 0.3) is 5.91 Å². The molecule has 114 valence electrons. The molecular weight excluding hydrogens is 292 g/mol. The first-order chi connectivity index (χ1) is 9.95. The van der Waals surface area contributed by atoms with E-state index in [9.17, 15) is 9.59 Å². The number of hydrogen-bond donors (Lipinski definition) is 2. The number of ether oxygens (including phenoxy) is 1. The van der Waals surface area contributed by atoms with Crippen molar-refractivity contribution in [2.24, 2.45) is 5.92 Å². The van der Waals surface area contributed by atoms with Gasteiger partial charge in [-0.1, -0.05) is 25.4 Å². The molecule has 0 aliphatic carbocycles. The van der Waals surface area contributed by atoms with Crippen molar-refractivity contribution in [1.82, 2.24) is 5.32 Å². The molecule has 1 aliphatic rings. The Morgan fingerprint density at radius 1 is 1.48 bits per heavy atom. The molecule has 1 aliphatic heterocycles. The van der Waals surface area contributed by atoms with Crippen LogP contribution in [0.1, 0.15) is 26.7 Å². The zero-order valence-corrected chi connectivity index (χ0v) is 12.9. The molecule has 0 radical (unpaired) electrons. The molecule has 0 bridgehead atoms. The normalized spacial score (nSPS) is 17.0. The van der Waals surface area contributed by atoms with E-state index in [4.69, 9.17) is 16.3 Å². The fourth-order valence-electron chi connectivity index (χ4n) is 2.00. The molecule has 0 aromatic heterocycles. The first-order valence-electron chi connectivity index (χ1n) is 6.99. The second kappa shape index (κ2) is 6.80. The van der Waals surface area contributed by atoms with Gasteiger partial charge in [-0.15, -0.1) is 0 Å². The van der Waals surface area contributed by atoms with Gasteiger partial charge in [0.2, 0.25) is 5.91 Å². The van der Waals surface area contributed by atoms with Crippen LogP contribution >= 0.6 is 11.6 Å². The topological polar surface area (TPSA) is 67.4 Å². The van der Waals surface area contributed by atoms with Gasteiger partial charge in [-0.05, 0) is 30.5 Å². The molecular formula is C15H19ClN2O3. The van der Waals surface area contributed by atoms with Crippen molar-refractivity contribution in [2.45, 2.75) is 32.8 Å². The summed E-state index contributed by atoms with van der Waals surface area (Å²) >= 11 is 5.86. The van der Waals surface area contributed by atoms with Crippen molar-refractivity contribution in [3.63, 3.8) is 0 Å². The monoisotopic (exact) mass is 310 g/mol. The average Bonchev–Trinajstić information content (AvgIpc) is 2.39. The molecule has 1 aromatic carbocycles. The average molecular weight is 311 g/mol. The van der Waals surface area contributed by atoms with Crippen LogP contribution in [0.2, 0.25) is 5.02 Å². The Hall–Kier alpha value is -1.75. The summed E-state index contributed by atoms with van der Waals surface area (Å²) in [6.07, 6.45) is 0.106. The van der Waals surface area contributed by atoms with Gasteiger partial charge < -0.3 is 15.4 Å². The van der Waals surface area contributed by atoms with Crippen LogP contribution in [0.15, 0.2) is 18.2 Å². The second-order valence-corrected chi connectivity index (χ2v) is 5.91. The lowest BCUT2D eigenvalue weighted by atomic mass is 10.1.